The second kappa shape index (κ2) is 3.83. The summed E-state index contributed by atoms with van der Waals surface area (Å²) in [6, 6.07) is 3.92. The maximum atomic E-state index is 4.38. The first-order valence-electron chi connectivity index (χ1n) is 4.08. The molecule has 0 N–H and O–H groups in total. The Morgan fingerprint density at radius 3 is 2.93 bits per heavy atom. The lowest BCUT2D eigenvalue weighted by Crippen LogP contribution is -2.03. The number of aryl methyl sites for hydroxylation is 1. The van der Waals surface area contributed by atoms with Crippen molar-refractivity contribution in [3.8, 4) is 0 Å². The highest BCUT2D eigenvalue weighted by Crippen LogP contribution is 2.13. The molecule has 72 valence electrons. The summed E-state index contributed by atoms with van der Waals surface area (Å²) < 4.78 is 2.65. The molecule has 5 nitrogen and oxygen atoms in total. The molecular weight excluding hydrogens is 246 g/mol. The van der Waals surface area contributed by atoms with Crippen LogP contribution in [0, 0.1) is 6.92 Å². The number of rotatable bonds is 2. The number of aromatic nitrogens is 5. The fourth-order valence-electron chi connectivity index (χ4n) is 1.10. The molecule has 2 heterocycles. The summed E-state index contributed by atoms with van der Waals surface area (Å²) >= 11 is 3.40. The fraction of sp³-hybridized carbons (Fsp3) is 0.250. The Morgan fingerprint density at radius 1 is 1.43 bits per heavy atom. The first-order valence-corrected chi connectivity index (χ1v) is 4.88. The van der Waals surface area contributed by atoms with Crippen molar-refractivity contribution in [1.29, 1.82) is 0 Å². The Morgan fingerprint density at radius 2 is 2.29 bits per heavy atom. The molecule has 0 saturated heterocycles. The Hall–Kier alpha value is -1.30. The van der Waals surface area contributed by atoms with Crippen LogP contribution < -0.4 is 0 Å². The van der Waals surface area contributed by atoms with Gasteiger partial charge in [0.05, 0.1) is 17.9 Å². The van der Waals surface area contributed by atoms with Gasteiger partial charge in [0.25, 0.3) is 0 Å². The lowest BCUT2D eigenvalue weighted by Gasteiger charge is -2.02. The maximum Gasteiger partial charge on any atom is 0.138 e. The minimum atomic E-state index is 0.598. The van der Waals surface area contributed by atoms with Gasteiger partial charge in [0, 0.05) is 4.47 Å². The molecule has 0 fully saturated rings. The van der Waals surface area contributed by atoms with Crippen LogP contribution in [0.4, 0.5) is 0 Å². The second-order valence-electron chi connectivity index (χ2n) is 2.88. The van der Waals surface area contributed by atoms with E-state index in [9.17, 15) is 0 Å². The average molecular weight is 254 g/mol. The number of halogens is 1. The standard InChI is InChI=1S/C8H8BrN5/c1-6-8(9)3-2-7(11-6)4-14-5-10-12-13-14/h2-3,5H,4H2,1H3. The van der Waals surface area contributed by atoms with Gasteiger partial charge in [0.2, 0.25) is 0 Å². The number of tetrazole rings is 1. The van der Waals surface area contributed by atoms with Crippen LogP contribution in [0.25, 0.3) is 0 Å². The summed E-state index contributed by atoms with van der Waals surface area (Å²) in [5.74, 6) is 0. The van der Waals surface area contributed by atoms with Crippen molar-refractivity contribution in [2.45, 2.75) is 13.5 Å². The molecule has 14 heavy (non-hydrogen) atoms. The highest BCUT2D eigenvalue weighted by molar-refractivity contribution is 9.10. The zero-order valence-corrected chi connectivity index (χ0v) is 9.14. The van der Waals surface area contributed by atoms with Gasteiger partial charge >= 0.3 is 0 Å². The van der Waals surface area contributed by atoms with Crippen molar-refractivity contribution in [2.75, 3.05) is 0 Å². The maximum absolute atomic E-state index is 4.38. The molecular formula is C8H8BrN5. The summed E-state index contributed by atoms with van der Waals surface area (Å²) in [6.07, 6.45) is 1.57. The van der Waals surface area contributed by atoms with Crippen LogP contribution in [0.15, 0.2) is 22.9 Å². The molecule has 0 atom stereocenters. The van der Waals surface area contributed by atoms with E-state index in [4.69, 9.17) is 0 Å². The van der Waals surface area contributed by atoms with Crippen LogP contribution in [0.3, 0.4) is 0 Å². The highest BCUT2D eigenvalue weighted by atomic mass is 79.9. The van der Waals surface area contributed by atoms with Gasteiger partial charge in [-0.2, -0.15) is 0 Å². The van der Waals surface area contributed by atoms with Gasteiger partial charge in [-0.3, -0.25) is 4.98 Å². The number of hydrogen-bond donors (Lipinski definition) is 0. The van der Waals surface area contributed by atoms with E-state index in [-0.39, 0.29) is 0 Å². The van der Waals surface area contributed by atoms with Crippen LogP contribution in [-0.4, -0.2) is 25.2 Å². The van der Waals surface area contributed by atoms with E-state index in [0.29, 0.717) is 6.54 Å². The molecule has 0 amide bonds. The van der Waals surface area contributed by atoms with Crippen molar-refractivity contribution < 1.29 is 0 Å². The van der Waals surface area contributed by atoms with Crippen LogP contribution in [0.5, 0.6) is 0 Å². The van der Waals surface area contributed by atoms with E-state index in [0.717, 1.165) is 15.9 Å². The molecule has 0 aromatic carbocycles. The molecule has 0 bridgehead atoms. The van der Waals surface area contributed by atoms with Gasteiger partial charge < -0.3 is 0 Å². The van der Waals surface area contributed by atoms with Crippen LogP contribution in [0.2, 0.25) is 0 Å². The van der Waals surface area contributed by atoms with Crippen molar-refractivity contribution in [3.63, 3.8) is 0 Å². The predicted molar refractivity (Wildman–Crippen MR) is 53.6 cm³/mol. The Bertz CT molecular complexity index is 425. The molecule has 0 unspecified atom stereocenters. The molecule has 6 heteroatoms. The Labute approximate surface area is 89.3 Å². The molecule has 0 spiro atoms. The topological polar surface area (TPSA) is 56.5 Å². The summed E-state index contributed by atoms with van der Waals surface area (Å²) in [6.45, 7) is 2.55. The average Bonchev–Trinajstić information content (AvgIpc) is 2.64. The van der Waals surface area contributed by atoms with Crippen LogP contribution in [-0.2, 0) is 6.54 Å². The van der Waals surface area contributed by atoms with Crippen molar-refractivity contribution in [2.24, 2.45) is 0 Å². The number of hydrogen-bond acceptors (Lipinski definition) is 4. The minimum absolute atomic E-state index is 0.598. The zero-order valence-electron chi connectivity index (χ0n) is 7.55. The summed E-state index contributed by atoms with van der Waals surface area (Å²) in [4.78, 5) is 4.38. The molecule has 2 aromatic heterocycles. The lowest BCUT2D eigenvalue weighted by molar-refractivity contribution is 0.636. The first-order chi connectivity index (χ1) is 6.75. The molecule has 2 rings (SSSR count). The lowest BCUT2D eigenvalue weighted by atomic mass is 10.3. The monoisotopic (exact) mass is 253 g/mol. The van der Waals surface area contributed by atoms with Crippen LogP contribution >= 0.6 is 15.9 Å². The highest BCUT2D eigenvalue weighted by Gasteiger charge is 2.00. The first kappa shape index (κ1) is 9.26. The number of pyridine rings is 1. The quantitative estimate of drug-likeness (QED) is 0.807. The molecule has 0 aliphatic heterocycles. The van der Waals surface area contributed by atoms with E-state index < -0.39 is 0 Å². The van der Waals surface area contributed by atoms with Gasteiger partial charge in [0.1, 0.15) is 6.33 Å². The van der Waals surface area contributed by atoms with Gasteiger partial charge in [-0.1, -0.05) is 0 Å². The van der Waals surface area contributed by atoms with Crippen LogP contribution in [0.1, 0.15) is 11.4 Å². The van der Waals surface area contributed by atoms with E-state index >= 15 is 0 Å². The van der Waals surface area contributed by atoms with E-state index in [1.807, 2.05) is 19.1 Å². The van der Waals surface area contributed by atoms with Crippen molar-refractivity contribution in [3.05, 3.63) is 34.3 Å². The molecule has 2 aromatic rings. The summed E-state index contributed by atoms with van der Waals surface area (Å²) in [5, 5.41) is 10.9. The van der Waals surface area contributed by atoms with Gasteiger partial charge in [-0.15, -0.1) is 5.10 Å². The third-order valence-electron chi connectivity index (χ3n) is 1.79. The number of nitrogens with zero attached hydrogens (tertiary/aromatic N) is 5. The second-order valence-corrected chi connectivity index (χ2v) is 3.73. The summed E-state index contributed by atoms with van der Waals surface area (Å²) in [7, 11) is 0. The van der Waals surface area contributed by atoms with E-state index in [2.05, 4.69) is 36.4 Å². The largest absolute Gasteiger partial charge is 0.255 e. The smallest absolute Gasteiger partial charge is 0.138 e. The predicted octanol–water partition coefficient (Wildman–Crippen LogP) is 1.19. The molecule has 0 saturated carbocycles. The molecule has 0 radical (unpaired) electrons. The van der Waals surface area contributed by atoms with Gasteiger partial charge in [0.15, 0.2) is 0 Å². The van der Waals surface area contributed by atoms with Crippen molar-refractivity contribution in [1.82, 2.24) is 25.2 Å². The Kier molecular flexibility index (Phi) is 2.53. The summed E-state index contributed by atoms with van der Waals surface area (Å²) in [5.41, 5.74) is 1.91. The van der Waals surface area contributed by atoms with Gasteiger partial charge in [-0.25, -0.2) is 4.68 Å². The van der Waals surface area contributed by atoms with E-state index in [1.54, 1.807) is 11.0 Å². The SMILES string of the molecule is Cc1nc(Cn2cnnn2)ccc1Br. The Balaban J connectivity index is 2.22. The zero-order chi connectivity index (χ0) is 9.97. The van der Waals surface area contributed by atoms with Crippen molar-refractivity contribution >= 4 is 15.9 Å². The van der Waals surface area contributed by atoms with E-state index in [1.165, 1.54) is 0 Å². The minimum Gasteiger partial charge on any atom is -0.255 e. The third-order valence-corrected chi connectivity index (χ3v) is 2.63. The molecule has 0 aliphatic carbocycles. The molecule has 0 aliphatic rings. The third kappa shape index (κ3) is 1.95. The fourth-order valence-corrected chi connectivity index (χ4v) is 1.32. The normalized spacial score (nSPS) is 10.4. The van der Waals surface area contributed by atoms with Gasteiger partial charge in [-0.05, 0) is 45.4 Å².